The Balaban J connectivity index is 1.43. The van der Waals surface area contributed by atoms with E-state index in [1.807, 2.05) is 45.3 Å². The van der Waals surface area contributed by atoms with E-state index in [0.29, 0.717) is 0 Å². The lowest BCUT2D eigenvalue weighted by Crippen LogP contribution is -1.58. The molecule has 0 aliphatic carbocycles. The minimum absolute atomic E-state index is 1.35. The zero-order valence-electron chi connectivity index (χ0n) is 13.9. The fraction of sp³-hybridized carbons (Fsp3) is 0.0476. The minimum atomic E-state index is 1.35. The third-order valence-corrected chi connectivity index (χ3v) is 9.96. The topological polar surface area (TPSA) is 0 Å². The quantitative estimate of drug-likeness (QED) is 0.269. The van der Waals surface area contributed by atoms with E-state index < -0.39 is 0 Å². The first-order chi connectivity index (χ1) is 12.8. The normalized spacial score (nSPS) is 11.3. The van der Waals surface area contributed by atoms with Gasteiger partial charge in [0.15, 0.2) is 0 Å². The van der Waals surface area contributed by atoms with Gasteiger partial charge >= 0.3 is 0 Å². The van der Waals surface area contributed by atoms with Crippen LogP contribution in [0.25, 0.3) is 39.0 Å². The number of hydrogen-bond acceptors (Lipinski definition) is 5. The van der Waals surface area contributed by atoms with Crippen molar-refractivity contribution >= 4 is 56.7 Å². The van der Waals surface area contributed by atoms with Gasteiger partial charge in [-0.15, -0.1) is 56.7 Å². The third kappa shape index (κ3) is 3.15. The standard InChI is InChI=1S/C21H14S5/c1-13-4-5-16(23-13)17-8-9-20(25-17)21-11-10-19(26-21)18-7-6-15(24-18)14-3-2-12-22-14/h2-12H,1H3. The summed E-state index contributed by atoms with van der Waals surface area (Å²) in [6.07, 6.45) is 0. The highest BCUT2D eigenvalue weighted by molar-refractivity contribution is 7.29. The van der Waals surface area contributed by atoms with Crippen LogP contribution in [-0.4, -0.2) is 0 Å². The Morgan fingerprint density at radius 1 is 0.462 bits per heavy atom. The summed E-state index contributed by atoms with van der Waals surface area (Å²) in [5.74, 6) is 0. The van der Waals surface area contributed by atoms with Crippen molar-refractivity contribution in [2.45, 2.75) is 6.92 Å². The van der Waals surface area contributed by atoms with Gasteiger partial charge in [-0.3, -0.25) is 0 Å². The lowest BCUT2D eigenvalue weighted by Gasteiger charge is -1.92. The summed E-state index contributed by atoms with van der Waals surface area (Å²) in [5.41, 5.74) is 0. The van der Waals surface area contributed by atoms with E-state index in [0.717, 1.165) is 0 Å². The van der Waals surface area contributed by atoms with E-state index in [4.69, 9.17) is 0 Å². The molecule has 0 nitrogen and oxygen atoms in total. The SMILES string of the molecule is Cc1ccc(-c2ccc(-c3ccc(-c4ccc(-c5cccs5)s4)s3)s2)s1. The molecule has 26 heavy (non-hydrogen) atoms. The van der Waals surface area contributed by atoms with Crippen LogP contribution >= 0.6 is 56.7 Å². The van der Waals surface area contributed by atoms with Crippen LogP contribution in [0.2, 0.25) is 0 Å². The van der Waals surface area contributed by atoms with E-state index in [2.05, 4.69) is 73.0 Å². The predicted molar refractivity (Wildman–Crippen MR) is 122 cm³/mol. The summed E-state index contributed by atoms with van der Waals surface area (Å²) in [4.78, 5) is 12.2. The lowest BCUT2D eigenvalue weighted by atomic mass is 10.3. The summed E-state index contributed by atoms with van der Waals surface area (Å²) in [6.45, 7) is 2.17. The Morgan fingerprint density at radius 2 is 0.885 bits per heavy atom. The zero-order chi connectivity index (χ0) is 17.5. The number of aryl methyl sites for hydroxylation is 1. The van der Waals surface area contributed by atoms with Crippen molar-refractivity contribution < 1.29 is 0 Å². The van der Waals surface area contributed by atoms with Crippen LogP contribution in [0.5, 0.6) is 0 Å². The van der Waals surface area contributed by atoms with Gasteiger partial charge in [0.1, 0.15) is 0 Å². The number of hydrogen-bond donors (Lipinski definition) is 0. The van der Waals surface area contributed by atoms with Gasteiger partial charge in [0.05, 0.1) is 0 Å². The van der Waals surface area contributed by atoms with Crippen molar-refractivity contribution in [3.8, 4) is 39.0 Å². The zero-order valence-corrected chi connectivity index (χ0v) is 18.0. The first-order valence-corrected chi connectivity index (χ1v) is 12.3. The molecule has 0 aromatic carbocycles. The van der Waals surface area contributed by atoms with Crippen LogP contribution in [0.15, 0.2) is 66.0 Å². The fourth-order valence-corrected chi connectivity index (χ4v) is 7.79. The molecule has 0 radical (unpaired) electrons. The Bertz CT molecular complexity index is 1150. The lowest BCUT2D eigenvalue weighted by molar-refractivity contribution is 1.64. The molecule has 5 rings (SSSR count). The van der Waals surface area contributed by atoms with Crippen molar-refractivity contribution in [1.82, 2.24) is 0 Å². The van der Waals surface area contributed by atoms with Gasteiger partial charge in [0.25, 0.3) is 0 Å². The maximum atomic E-state index is 2.26. The molecule has 0 unspecified atom stereocenters. The second-order valence-electron chi connectivity index (χ2n) is 5.88. The average molecular weight is 427 g/mol. The highest BCUT2D eigenvalue weighted by atomic mass is 32.1. The van der Waals surface area contributed by atoms with Crippen LogP contribution in [0.1, 0.15) is 4.88 Å². The van der Waals surface area contributed by atoms with Gasteiger partial charge in [0.2, 0.25) is 0 Å². The van der Waals surface area contributed by atoms with Crippen LogP contribution in [0.4, 0.5) is 0 Å². The second kappa shape index (κ2) is 6.91. The molecule has 128 valence electrons. The molecule has 0 aliphatic heterocycles. The molecule has 5 heteroatoms. The Morgan fingerprint density at radius 3 is 1.27 bits per heavy atom. The minimum Gasteiger partial charge on any atom is -0.143 e. The summed E-state index contributed by atoms with van der Waals surface area (Å²) < 4.78 is 0. The predicted octanol–water partition coefficient (Wildman–Crippen LogP) is 8.97. The molecule has 0 spiro atoms. The average Bonchev–Trinajstić information content (AvgIpc) is 3.44. The Labute approximate surface area is 172 Å². The van der Waals surface area contributed by atoms with Crippen molar-refractivity contribution in [1.29, 1.82) is 0 Å². The number of thiophene rings is 5. The summed E-state index contributed by atoms with van der Waals surface area (Å²) in [6, 6.07) is 22.3. The molecule has 0 aliphatic rings. The van der Waals surface area contributed by atoms with Crippen LogP contribution in [0, 0.1) is 6.92 Å². The highest BCUT2D eigenvalue weighted by Gasteiger charge is 2.12. The van der Waals surface area contributed by atoms with E-state index in [-0.39, 0.29) is 0 Å². The first kappa shape index (κ1) is 16.7. The molecule has 5 heterocycles. The molecule has 0 saturated heterocycles. The van der Waals surface area contributed by atoms with Gasteiger partial charge in [-0.05, 0) is 66.9 Å². The van der Waals surface area contributed by atoms with Crippen molar-refractivity contribution in [2.24, 2.45) is 0 Å². The van der Waals surface area contributed by atoms with E-state index in [9.17, 15) is 0 Å². The van der Waals surface area contributed by atoms with Crippen LogP contribution < -0.4 is 0 Å². The van der Waals surface area contributed by atoms with E-state index in [1.54, 1.807) is 11.3 Å². The van der Waals surface area contributed by atoms with E-state index in [1.165, 1.54) is 43.9 Å². The molecule has 0 N–H and O–H groups in total. The fourth-order valence-electron chi connectivity index (χ4n) is 2.79. The van der Waals surface area contributed by atoms with Crippen LogP contribution in [-0.2, 0) is 0 Å². The maximum absolute atomic E-state index is 2.26. The molecule has 0 atom stereocenters. The largest absolute Gasteiger partial charge is 0.143 e. The summed E-state index contributed by atoms with van der Waals surface area (Å²) in [5, 5.41) is 2.14. The third-order valence-electron chi connectivity index (χ3n) is 4.05. The van der Waals surface area contributed by atoms with E-state index >= 15 is 0 Å². The van der Waals surface area contributed by atoms with Crippen LogP contribution in [0.3, 0.4) is 0 Å². The van der Waals surface area contributed by atoms with Gasteiger partial charge in [0, 0.05) is 43.9 Å². The molecule has 5 aromatic heterocycles. The second-order valence-corrected chi connectivity index (χ2v) is 11.4. The molecule has 0 fully saturated rings. The van der Waals surface area contributed by atoms with Crippen molar-refractivity contribution in [3.63, 3.8) is 0 Å². The van der Waals surface area contributed by atoms with Crippen molar-refractivity contribution in [3.05, 3.63) is 70.9 Å². The maximum Gasteiger partial charge on any atom is 0.0449 e. The molecular formula is C21H14S5. The monoisotopic (exact) mass is 426 g/mol. The summed E-state index contributed by atoms with van der Waals surface area (Å²) >= 11 is 9.34. The van der Waals surface area contributed by atoms with Gasteiger partial charge in [-0.2, -0.15) is 0 Å². The highest BCUT2D eigenvalue weighted by Crippen LogP contribution is 2.44. The Kier molecular flexibility index (Phi) is 4.43. The van der Waals surface area contributed by atoms with Gasteiger partial charge in [-0.25, -0.2) is 0 Å². The number of rotatable bonds is 4. The molecule has 0 amide bonds. The van der Waals surface area contributed by atoms with Gasteiger partial charge in [-0.1, -0.05) is 6.07 Å². The molecular weight excluding hydrogens is 413 g/mol. The molecule has 0 bridgehead atoms. The molecule has 0 saturated carbocycles. The smallest absolute Gasteiger partial charge is 0.0449 e. The molecule has 5 aromatic rings. The summed E-state index contributed by atoms with van der Waals surface area (Å²) in [7, 11) is 0. The van der Waals surface area contributed by atoms with Gasteiger partial charge < -0.3 is 0 Å². The van der Waals surface area contributed by atoms with Crippen molar-refractivity contribution in [2.75, 3.05) is 0 Å². The Hall–Kier alpha value is -1.50. The first-order valence-electron chi connectivity index (χ1n) is 8.17.